The summed E-state index contributed by atoms with van der Waals surface area (Å²) in [5.41, 5.74) is 23.1. The molecular formula is C129H73N9S3. The molecule has 0 bridgehead atoms. The highest BCUT2D eigenvalue weighted by Gasteiger charge is 2.24. The van der Waals surface area contributed by atoms with Crippen molar-refractivity contribution in [2.45, 2.75) is 0 Å². The number of hydrogen-bond acceptors (Lipinski definition) is 9. The third-order valence-electron chi connectivity index (χ3n) is 27.5. The lowest BCUT2D eigenvalue weighted by atomic mass is 9.88. The first-order chi connectivity index (χ1) is 69.7. The molecule has 0 fully saturated rings. The Bertz CT molecular complexity index is 9770. The summed E-state index contributed by atoms with van der Waals surface area (Å²) < 4.78 is 7.31. The molecular weight excluding hydrogens is 1770 g/mol. The van der Waals surface area contributed by atoms with E-state index in [1.54, 1.807) is 34.0 Å². The first kappa shape index (κ1) is 83.2. The Morgan fingerprint density at radius 3 is 0.773 bits per heavy atom. The molecule has 0 N–H and O–H groups in total. The third-order valence-corrected chi connectivity index (χ3v) is 30.9. The fraction of sp³-hybridized carbons (Fsp3) is 0. The molecule has 9 nitrogen and oxygen atoms in total. The van der Waals surface area contributed by atoms with Crippen molar-refractivity contribution in [2.24, 2.45) is 0 Å². The normalized spacial score (nSPS) is 11.5. The topological polar surface area (TPSA) is 90.4 Å². The van der Waals surface area contributed by atoms with Crippen LogP contribution in [0, 0.1) is 19.7 Å². The van der Waals surface area contributed by atoms with Crippen molar-refractivity contribution in [1.29, 1.82) is 0 Å². The Labute approximate surface area is 821 Å². The highest BCUT2D eigenvalue weighted by atomic mass is 32.1. The van der Waals surface area contributed by atoms with Crippen LogP contribution in [0.15, 0.2) is 443 Å². The molecule has 0 spiro atoms. The molecule has 652 valence electrons. The molecule has 0 unspecified atom stereocenters. The molecule has 0 radical (unpaired) electrons. The summed E-state index contributed by atoms with van der Waals surface area (Å²) in [7, 11) is 0. The van der Waals surface area contributed by atoms with Crippen molar-refractivity contribution >= 4 is 209 Å². The summed E-state index contributed by atoms with van der Waals surface area (Å²) in [6.07, 6.45) is 9.06. The van der Waals surface area contributed by atoms with Crippen molar-refractivity contribution in [1.82, 2.24) is 29.9 Å². The zero-order valence-corrected chi connectivity index (χ0v) is 77.8. The number of nitrogens with zero attached hydrogens (tertiary/aromatic N) is 9. The minimum atomic E-state index is 0.666. The van der Waals surface area contributed by atoms with Crippen LogP contribution in [0.1, 0.15) is 0 Å². The van der Waals surface area contributed by atoms with Gasteiger partial charge in [0.1, 0.15) is 0 Å². The van der Waals surface area contributed by atoms with Gasteiger partial charge in [0.15, 0.2) is 17.1 Å². The summed E-state index contributed by atoms with van der Waals surface area (Å²) >= 11 is 5.34. The molecule has 28 aromatic rings. The predicted octanol–water partition coefficient (Wildman–Crippen LogP) is 37.2. The Morgan fingerprint density at radius 1 is 0.156 bits per heavy atom. The maximum Gasteiger partial charge on any atom is 0.187 e. The van der Waals surface area contributed by atoms with Crippen LogP contribution in [0.4, 0.5) is 17.1 Å². The van der Waals surface area contributed by atoms with E-state index in [1.807, 2.05) is 116 Å². The summed E-state index contributed by atoms with van der Waals surface area (Å²) in [6.45, 7) is 22.6. The average molecular weight is 1850 g/mol. The monoisotopic (exact) mass is 1840 g/mol. The Kier molecular flexibility index (Phi) is 20.5. The third kappa shape index (κ3) is 14.7. The first-order valence-corrected chi connectivity index (χ1v) is 49.1. The molecule has 9 aromatic heterocycles. The highest BCUT2D eigenvalue weighted by Crippen LogP contribution is 2.51. The van der Waals surface area contributed by atoms with Crippen molar-refractivity contribution in [3.05, 3.63) is 478 Å². The summed E-state index contributed by atoms with van der Waals surface area (Å²) in [4.78, 5) is 39.8. The van der Waals surface area contributed by atoms with Crippen LogP contribution in [0.25, 0.3) is 284 Å². The maximum atomic E-state index is 7.58. The number of rotatable bonds is 10. The molecule has 0 amide bonds. The second kappa shape index (κ2) is 34.7. The van der Waals surface area contributed by atoms with Gasteiger partial charge >= 0.3 is 0 Å². The lowest BCUT2D eigenvalue weighted by molar-refractivity contribution is 1.27. The molecule has 0 aliphatic carbocycles. The van der Waals surface area contributed by atoms with E-state index < -0.39 is 0 Å². The van der Waals surface area contributed by atoms with E-state index in [2.05, 4.69) is 352 Å². The number of aromatic nitrogens is 6. The van der Waals surface area contributed by atoms with Crippen LogP contribution < -0.4 is 0 Å². The van der Waals surface area contributed by atoms with E-state index in [0.29, 0.717) is 17.1 Å². The van der Waals surface area contributed by atoms with Crippen molar-refractivity contribution in [3.63, 3.8) is 0 Å². The first-order valence-electron chi connectivity index (χ1n) is 46.6. The van der Waals surface area contributed by atoms with Gasteiger partial charge in [-0.1, -0.05) is 249 Å². The summed E-state index contributed by atoms with van der Waals surface area (Å²) in [5, 5.41) is 28.6. The highest BCUT2D eigenvalue weighted by molar-refractivity contribution is 7.26. The van der Waals surface area contributed by atoms with Gasteiger partial charge in [-0.05, 0) is 326 Å². The van der Waals surface area contributed by atoms with Gasteiger partial charge in [-0.2, -0.15) is 0 Å². The molecule has 19 aromatic carbocycles. The Morgan fingerprint density at radius 2 is 0.426 bits per heavy atom. The quantitative estimate of drug-likeness (QED) is 0.100. The van der Waals surface area contributed by atoms with Gasteiger partial charge in [0.2, 0.25) is 0 Å². The Balaban J connectivity index is 0.000000109. The van der Waals surface area contributed by atoms with Crippen LogP contribution in [-0.4, -0.2) is 29.9 Å². The zero-order chi connectivity index (χ0) is 93.7. The van der Waals surface area contributed by atoms with Gasteiger partial charge in [0.25, 0.3) is 0 Å². The van der Waals surface area contributed by atoms with Crippen LogP contribution in [0.5, 0.6) is 0 Å². The molecule has 28 rings (SSSR count). The van der Waals surface area contributed by atoms with Crippen molar-refractivity contribution in [2.75, 3.05) is 0 Å². The second-order valence-corrected chi connectivity index (χ2v) is 38.7. The van der Waals surface area contributed by atoms with E-state index in [4.69, 9.17) is 39.7 Å². The molecule has 0 saturated carbocycles. The van der Waals surface area contributed by atoms with E-state index in [0.717, 1.165) is 106 Å². The largest absolute Gasteiger partial charge is 0.265 e. The van der Waals surface area contributed by atoms with E-state index in [1.165, 1.54) is 164 Å². The minimum absolute atomic E-state index is 0.666. The standard InChI is InChI=1S/C46H26N4S.C42H24N2S.C41H23N3S/c1-47-31-14-16-46-41(25-31)40-22-29(13-15-45(40)51-46)36-26-37-34-10-4-5-11-35(34)39(27-38(37)33-9-3-2-8-32(33)36)44-24-30(42-12-6-7-19-49-42)23-43(50-44)28-17-20-48-21-18-28;1-43-28-19-21-42-38(23-28)37-22-27(18-20-41(37)45-42)33-24-34-31-14-7-8-15-32(31)36(25-35(34)30-13-6-5-12-29(30)33)40-17-9-16-39(44-40)26-10-3-2-4-11-26;1-42-27-14-16-41-37(22-27)36-21-26(13-15-40(36)45-41)32-23-33-30-9-4-5-10-31(30)35(24-34(33)29-8-3-2-7-28(29)32)39-12-6-11-38(44-39)25-17-19-43-20-18-25/h2-27H;2-25H;2-24H. The van der Waals surface area contributed by atoms with Gasteiger partial charge in [-0.25, -0.2) is 29.5 Å². The molecule has 0 saturated heterocycles. The van der Waals surface area contributed by atoms with Crippen molar-refractivity contribution in [3.8, 4) is 112 Å². The van der Waals surface area contributed by atoms with Crippen LogP contribution in [0.2, 0.25) is 0 Å². The van der Waals surface area contributed by atoms with Crippen LogP contribution in [-0.2, 0) is 0 Å². The van der Waals surface area contributed by atoms with E-state index in [9.17, 15) is 0 Å². The lowest BCUT2D eigenvalue weighted by Crippen LogP contribution is -1.94. The summed E-state index contributed by atoms with van der Waals surface area (Å²) in [6, 6.07) is 146. The van der Waals surface area contributed by atoms with E-state index >= 15 is 0 Å². The van der Waals surface area contributed by atoms with E-state index in [-0.39, 0.29) is 0 Å². The number of hydrogen-bond donors (Lipinski definition) is 0. The molecule has 141 heavy (non-hydrogen) atoms. The van der Waals surface area contributed by atoms with Crippen LogP contribution in [0.3, 0.4) is 0 Å². The molecule has 0 aliphatic rings. The molecule has 0 aliphatic heterocycles. The second-order valence-electron chi connectivity index (χ2n) is 35.4. The molecule has 12 heteroatoms. The van der Waals surface area contributed by atoms with Crippen molar-refractivity contribution < 1.29 is 0 Å². The lowest BCUT2D eigenvalue weighted by Gasteiger charge is -2.17. The van der Waals surface area contributed by atoms with Gasteiger partial charge in [-0.3, -0.25) is 15.0 Å². The van der Waals surface area contributed by atoms with Gasteiger partial charge in [0.05, 0.1) is 59.6 Å². The zero-order valence-electron chi connectivity index (χ0n) is 75.4. The number of fused-ring (bicyclic) bond motifs is 24. The van der Waals surface area contributed by atoms with Crippen LogP contribution >= 0.6 is 34.0 Å². The Hall–Kier alpha value is -18.5. The fourth-order valence-corrected chi connectivity index (χ4v) is 24.1. The smallest absolute Gasteiger partial charge is 0.187 e. The molecule has 0 atom stereocenters. The van der Waals surface area contributed by atoms with Gasteiger partial charge in [0, 0.05) is 98.1 Å². The van der Waals surface area contributed by atoms with Gasteiger partial charge in [-0.15, -0.1) is 34.0 Å². The SMILES string of the molecule is [C-]#[N+]c1ccc2sc3ccc(-c4cc5c6ccccc6c(-c6cc(-c7ccccn7)cc(-c7ccncc7)n6)cc5c5ccccc45)cc3c2c1.[C-]#[N+]c1ccc2sc3ccc(-c4cc5c6ccccc6c(-c6cccc(-c7ccccc7)n6)cc5c5ccccc45)cc3c2c1.[C-]#[N+]c1ccc2sc3ccc(-c4cc5c6ccccc6c(-c6cccc(-c7ccncc7)n6)cc5c5ccccc45)cc3c2c1. The fourth-order valence-electron chi connectivity index (χ4n) is 20.9. The molecule has 9 heterocycles. The minimum Gasteiger partial charge on any atom is -0.265 e. The predicted molar refractivity (Wildman–Crippen MR) is 595 cm³/mol. The number of thiophene rings is 3. The van der Waals surface area contributed by atoms with Gasteiger partial charge < -0.3 is 0 Å². The number of benzene rings is 19. The maximum absolute atomic E-state index is 7.58. The number of pyridine rings is 6. The average Bonchev–Trinajstić information content (AvgIpc) is 1.11. The summed E-state index contributed by atoms with van der Waals surface area (Å²) in [5.74, 6) is 0.